The van der Waals surface area contributed by atoms with Crippen LogP contribution in [0, 0.1) is 5.92 Å². The van der Waals surface area contributed by atoms with E-state index >= 15 is 0 Å². The van der Waals surface area contributed by atoms with Crippen molar-refractivity contribution in [2.24, 2.45) is 5.92 Å². The number of rotatable bonds is 5. The predicted molar refractivity (Wildman–Crippen MR) is 84.9 cm³/mol. The minimum atomic E-state index is -0.109. The van der Waals surface area contributed by atoms with Crippen LogP contribution < -0.4 is 15.4 Å². The van der Waals surface area contributed by atoms with Gasteiger partial charge in [-0.1, -0.05) is 6.07 Å². The molecule has 0 aliphatic carbocycles. The monoisotopic (exact) mass is 305 g/mol. The van der Waals surface area contributed by atoms with Crippen molar-refractivity contribution in [3.8, 4) is 5.75 Å². The van der Waals surface area contributed by atoms with Crippen LogP contribution in [0.15, 0.2) is 24.3 Å². The number of nitrogens with one attached hydrogen (secondary N) is 2. The summed E-state index contributed by atoms with van der Waals surface area (Å²) in [6.07, 6.45) is 1.93. The molecule has 0 saturated carbocycles. The maximum Gasteiger partial charge on any atom is 0.259 e. The Morgan fingerprint density at radius 1 is 1.41 bits per heavy atom. The average molecular weight is 305 g/mol. The van der Waals surface area contributed by atoms with Crippen LogP contribution in [0.3, 0.4) is 0 Å². The van der Waals surface area contributed by atoms with E-state index in [0.717, 1.165) is 25.9 Å². The lowest BCUT2D eigenvalue weighted by Gasteiger charge is -2.22. The van der Waals surface area contributed by atoms with Gasteiger partial charge in [-0.3, -0.25) is 9.59 Å². The molecule has 22 heavy (non-hydrogen) atoms. The highest BCUT2D eigenvalue weighted by Gasteiger charge is 2.20. The number of hydrogen-bond acceptors (Lipinski definition) is 4. The number of carbonyl (C=O) groups excluding carboxylic acids is 2. The molecule has 1 aliphatic rings. The Labute approximate surface area is 130 Å². The van der Waals surface area contributed by atoms with Crippen molar-refractivity contribution in [1.82, 2.24) is 10.2 Å². The summed E-state index contributed by atoms with van der Waals surface area (Å²) in [5, 5.41) is 6.14. The Hall–Kier alpha value is -2.08. The van der Waals surface area contributed by atoms with Gasteiger partial charge in [-0.25, -0.2) is 0 Å². The highest BCUT2D eigenvalue weighted by atomic mass is 16.5. The van der Waals surface area contributed by atoms with Gasteiger partial charge in [0.2, 0.25) is 5.91 Å². The molecule has 120 valence electrons. The Balaban J connectivity index is 1.90. The number of piperidine rings is 1. The van der Waals surface area contributed by atoms with Gasteiger partial charge < -0.3 is 20.3 Å². The van der Waals surface area contributed by atoms with Gasteiger partial charge in [0, 0.05) is 32.4 Å². The average Bonchev–Trinajstić information content (AvgIpc) is 2.53. The third-order valence-electron chi connectivity index (χ3n) is 3.63. The maximum atomic E-state index is 12.2. The van der Waals surface area contributed by atoms with Crippen molar-refractivity contribution in [2.75, 3.05) is 39.1 Å². The number of carbonyl (C=O) groups is 2. The molecule has 1 aliphatic heterocycles. The molecule has 0 spiro atoms. The van der Waals surface area contributed by atoms with Crippen LogP contribution >= 0.6 is 0 Å². The van der Waals surface area contributed by atoms with E-state index in [1.54, 1.807) is 32.3 Å². The van der Waals surface area contributed by atoms with Crippen LogP contribution in [-0.2, 0) is 9.59 Å². The Kier molecular flexibility index (Phi) is 5.77. The van der Waals surface area contributed by atoms with Gasteiger partial charge >= 0.3 is 0 Å². The fourth-order valence-corrected chi connectivity index (χ4v) is 2.26. The van der Waals surface area contributed by atoms with E-state index < -0.39 is 0 Å². The van der Waals surface area contributed by atoms with Gasteiger partial charge in [0.25, 0.3) is 5.91 Å². The fraction of sp³-hybridized carbons (Fsp3) is 0.500. The molecule has 1 heterocycles. The summed E-state index contributed by atoms with van der Waals surface area (Å²) in [7, 11) is 3.36. The Morgan fingerprint density at radius 2 is 2.23 bits per heavy atom. The van der Waals surface area contributed by atoms with Gasteiger partial charge in [-0.2, -0.15) is 0 Å². The van der Waals surface area contributed by atoms with Crippen LogP contribution in [0.25, 0.3) is 0 Å². The number of nitrogens with zero attached hydrogens (tertiary/aromatic N) is 1. The van der Waals surface area contributed by atoms with E-state index in [9.17, 15) is 9.59 Å². The van der Waals surface area contributed by atoms with Crippen molar-refractivity contribution in [3.63, 3.8) is 0 Å². The Bertz CT molecular complexity index is 525. The predicted octanol–water partition coefficient (Wildman–Crippen LogP) is 1.09. The van der Waals surface area contributed by atoms with Crippen molar-refractivity contribution in [3.05, 3.63) is 24.3 Å². The van der Waals surface area contributed by atoms with E-state index in [2.05, 4.69) is 10.6 Å². The zero-order chi connectivity index (χ0) is 15.9. The summed E-state index contributed by atoms with van der Waals surface area (Å²) in [5.41, 5.74) is 0.686. The standard InChI is InChI=1S/C16H23N3O3/c1-19(2)15(20)11-22-14-7-3-6-13(9-14)18-16(21)12-5-4-8-17-10-12/h3,6-7,9,12,17H,4-5,8,10-11H2,1-2H3,(H,18,21). The molecule has 2 amide bonds. The SMILES string of the molecule is CN(C)C(=O)COc1cccc(NC(=O)C2CCCNC2)c1. The molecule has 1 fully saturated rings. The molecule has 0 radical (unpaired) electrons. The lowest BCUT2D eigenvalue weighted by molar-refractivity contribution is -0.130. The van der Waals surface area contributed by atoms with E-state index in [1.807, 2.05) is 6.07 Å². The molecule has 2 N–H and O–H groups in total. The van der Waals surface area contributed by atoms with Gasteiger partial charge in [0.15, 0.2) is 6.61 Å². The zero-order valence-electron chi connectivity index (χ0n) is 13.1. The minimum absolute atomic E-state index is 0.00800. The van der Waals surface area contributed by atoms with E-state index in [1.165, 1.54) is 4.90 Å². The summed E-state index contributed by atoms with van der Waals surface area (Å²) in [6, 6.07) is 7.11. The number of hydrogen-bond donors (Lipinski definition) is 2. The summed E-state index contributed by atoms with van der Waals surface area (Å²) < 4.78 is 5.44. The second-order valence-electron chi connectivity index (χ2n) is 5.64. The van der Waals surface area contributed by atoms with Gasteiger partial charge in [0.05, 0.1) is 5.92 Å². The number of likely N-dealkylation sites (N-methyl/N-ethyl adjacent to an activating group) is 1. The summed E-state index contributed by atoms with van der Waals surface area (Å²) in [4.78, 5) is 25.2. The number of ether oxygens (including phenoxy) is 1. The topological polar surface area (TPSA) is 70.7 Å². The van der Waals surface area contributed by atoms with Crippen LogP contribution in [0.4, 0.5) is 5.69 Å². The highest BCUT2D eigenvalue weighted by molar-refractivity contribution is 5.93. The van der Waals surface area contributed by atoms with E-state index in [4.69, 9.17) is 4.74 Å². The molecular weight excluding hydrogens is 282 g/mol. The van der Waals surface area contributed by atoms with Crippen LogP contribution in [0.1, 0.15) is 12.8 Å². The van der Waals surface area contributed by atoms with Crippen LogP contribution in [-0.4, -0.2) is 50.5 Å². The van der Waals surface area contributed by atoms with Gasteiger partial charge in [0.1, 0.15) is 5.75 Å². The molecule has 1 atom stereocenters. The molecule has 6 heteroatoms. The molecule has 1 aromatic carbocycles. The van der Waals surface area contributed by atoms with Gasteiger partial charge in [-0.15, -0.1) is 0 Å². The maximum absolute atomic E-state index is 12.2. The molecule has 1 aromatic rings. The largest absolute Gasteiger partial charge is 0.484 e. The summed E-state index contributed by atoms with van der Waals surface area (Å²) in [6.45, 7) is 1.68. The Morgan fingerprint density at radius 3 is 2.91 bits per heavy atom. The van der Waals surface area contributed by atoms with Crippen LogP contribution in [0.5, 0.6) is 5.75 Å². The second-order valence-corrected chi connectivity index (χ2v) is 5.64. The normalized spacial score (nSPS) is 17.6. The van der Waals surface area contributed by atoms with Gasteiger partial charge in [-0.05, 0) is 31.5 Å². The van der Waals surface area contributed by atoms with Crippen LogP contribution in [0.2, 0.25) is 0 Å². The third kappa shape index (κ3) is 4.73. The molecule has 0 aromatic heterocycles. The van der Waals surface area contributed by atoms with Crippen molar-refractivity contribution >= 4 is 17.5 Å². The first kappa shape index (κ1) is 16.3. The van der Waals surface area contributed by atoms with E-state index in [-0.39, 0.29) is 24.3 Å². The minimum Gasteiger partial charge on any atom is -0.484 e. The molecule has 1 unspecified atom stereocenters. The fourth-order valence-electron chi connectivity index (χ4n) is 2.26. The second kappa shape index (κ2) is 7.79. The lowest BCUT2D eigenvalue weighted by Crippen LogP contribution is -2.37. The van der Waals surface area contributed by atoms with Crippen molar-refractivity contribution in [1.29, 1.82) is 0 Å². The third-order valence-corrected chi connectivity index (χ3v) is 3.63. The summed E-state index contributed by atoms with van der Waals surface area (Å²) >= 11 is 0. The summed E-state index contributed by atoms with van der Waals surface area (Å²) in [5.74, 6) is 0.486. The van der Waals surface area contributed by atoms with Crippen molar-refractivity contribution < 1.29 is 14.3 Å². The zero-order valence-corrected chi connectivity index (χ0v) is 13.1. The first-order chi connectivity index (χ1) is 10.6. The first-order valence-corrected chi connectivity index (χ1v) is 7.51. The molecular formula is C16H23N3O3. The lowest BCUT2D eigenvalue weighted by atomic mass is 9.99. The smallest absolute Gasteiger partial charge is 0.259 e. The van der Waals surface area contributed by atoms with Crippen molar-refractivity contribution in [2.45, 2.75) is 12.8 Å². The highest BCUT2D eigenvalue weighted by Crippen LogP contribution is 2.19. The number of benzene rings is 1. The number of amides is 2. The first-order valence-electron chi connectivity index (χ1n) is 7.51. The number of anilines is 1. The molecule has 2 rings (SSSR count). The quantitative estimate of drug-likeness (QED) is 0.854. The molecule has 0 bridgehead atoms. The van der Waals surface area contributed by atoms with E-state index in [0.29, 0.717) is 11.4 Å². The molecule has 6 nitrogen and oxygen atoms in total. The molecule has 1 saturated heterocycles.